The number of aliphatic hydroxyl groups is 1. The Bertz CT molecular complexity index is 325. The van der Waals surface area contributed by atoms with Gasteiger partial charge >= 0.3 is 0 Å². The molecule has 1 aliphatic heterocycles. The first-order valence-electron chi connectivity index (χ1n) is 8.56. The maximum Gasteiger partial charge on any atom is 0.0672 e. The molecule has 0 spiro atoms. The minimum absolute atomic E-state index is 0.234. The van der Waals surface area contributed by atoms with Gasteiger partial charge in [-0.05, 0) is 57.4 Å². The van der Waals surface area contributed by atoms with Crippen molar-refractivity contribution in [3.63, 3.8) is 0 Å². The van der Waals surface area contributed by atoms with Crippen molar-refractivity contribution in [3.8, 4) is 6.07 Å². The molecule has 2 fully saturated rings. The molecule has 1 aliphatic carbocycles. The lowest BCUT2D eigenvalue weighted by Crippen LogP contribution is -2.46. The molecule has 1 saturated heterocycles. The van der Waals surface area contributed by atoms with Crippen LogP contribution in [0.2, 0.25) is 0 Å². The summed E-state index contributed by atoms with van der Waals surface area (Å²) in [7, 11) is 0. The van der Waals surface area contributed by atoms with Gasteiger partial charge in [-0.25, -0.2) is 0 Å². The smallest absolute Gasteiger partial charge is 0.0672 e. The second kappa shape index (κ2) is 8.00. The highest BCUT2D eigenvalue weighted by Crippen LogP contribution is 2.38. The zero-order chi connectivity index (χ0) is 14.4. The van der Waals surface area contributed by atoms with Crippen LogP contribution in [0.4, 0.5) is 0 Å². The lowest BCUT2D eigenvalue weighted by molar-refractivity contribution is 0.0809. The van der Waals surface area contributed by atoms with E-state index in [0.717, 1.165) is 31.7 Å². The van der Waals surface area contributed by atoms with Gasteiger partial charge in [0.1, 0.15) is 0 Å². The van der Waals surface area contributed by atoms with Crippen LogP contribution < -0.4 is 0 Å². The molecule has 0 aromatic heterocycles. The Labute approximate surface area is 124 Å². The summed E-state index contributed by atoms with van der Waals surface area (Å²) in [6.07, 6.45) is 10.7. The summed E-state index contributed by atoms with van der Waals surface area (Å²) in [5.41, 5.74) is 0. The third-order valence-electron chi connectivity index (χ3n) is 5.33. The second-order valence-electron chi connectivity index (χ2n) is 6.67. The Morgan fingerprint density at radius 1 is 1.25 bits per heavy atom. The molecule has 3 nitrogen and oxygen atoms in total. The predicted octanol–water partition coefficient (Wildman–Crippen LogP) is 3.33. The Morgan fingerprint density at radius 2 is 2.10 bits per heavy atom. The number of hydrogen-bond donors (Lipinski definition) is 1. The van der Waals surface area contributed by atoms with E-state index in [1.807, 2.05) is 0 Å². The van der Waals surface area contributed by atoms with Gasteiger partial charge in [-0.15, -0.1) is 0 Å². The summed E-state index contributed by atoms with van der Waals surface area (Å²) >= 11 is 0. The summed E-state index contributed by atoms with van der Waals surface area (Å²) in [6, 6.07) is 3.68. The van der Waals surface area contributed by atoms with Crippen molar-refractivity contribution >= 4 is 0 Å². The van der Waals surface area contributed by atoms with Gasteiger partial charge in [0.25, 0.3) is 0 Å². The van der Waals surface area contributed by atoms with Crippen LogP contribution in [-0.2, 0) is 0 Å². The van der Waals surface area contributed by atoms with Crippen LogP contribution in [0.3, 0.4) is 0 Å². The molecule has 1 heterocycles. The van der Waals surface area contributed by atoms with E-state index in [2.05, 4.69) is 17.9 Å². The first-order chi connectivity index (χ1) is 9.80. The monoisotopic (exact) mass is 278 g/mol. The average molecular weight is 278 g/mol. The van der Waals surface area contributed by atoms with Crippen molar-refractivity contribution in [2.24, 2.45) is 11.8 Å². The fourth-order valence-corrected chi connectivity index (χ4v) is 4.35. The molecule has 20 heavy (non-hydrogen) atoms. The summed E-state index contributed by atoms with van der Waals surface area (Å²) in [5.74, 6) is 1.06. The maximum absolute atomic E-state index is 9.48. The van der Waals surface area contributed by atoms with Gasteiger partial charge in [0.05, 0.1) is 12.0 Å². The quantitative estimate of drug-likeness (QED) is 0.810. The Balaban J connectivity index is 2.00. The highest BCUT2D eigenvalue weighted by atomic mass is 16.2. The van der Waals surface area contributed by atoms with Gasteiger partial charge in [-0.2, -0.15) is 5.26 Å². The molecule has 0 aromatic carbocycles. The van der Waals surface area contributed by atoms with Gasteiger partial charge in [0.2, 0.25) is 0 Å². The zero-order valence-electron chi connectivity index (χ0n) is 12.9. The van der Waals surface area contributed by atoms with E-state index in [4.69, 9.17) is 5.11 Å². The SMILES string of the molecule is CCCC1CCC(C#N)C(N2CCCC2CCCO)C1. The van der Waals surface area contributed by atoms with Crippen molar-refractivity contribution in [2.75, 3.05) is 13.2 Å². The third-order valence-corrected chi connectivity index (χ3v) is 5.33. The lowest BCUT2D eigenvalue weighted by Gasteiger charge is -2.41. The number of nitrogens with zero attached hydrogens (tertiary/aromatic N) is 2. The summed E-state index contributed by atoms with van der Waals surface area (Å²) in [5, 5.41) is 18.5. The minimum atomic E-state index is 0.234. The van der Waals surface area contributed by atoms with Gasteiger partial charge in [0.15, 0.2) is 0 Å². The molecule has 2 aliphatic rings. The first-order valence-corrected chi connectivity index (χ1v) is 8.56. The maximum atomic E-state index is 9.48. The molecule has 0 radical (unpaired) electrons. The predicted molar refractivity (Wildman–Crippen MR) is 81.2 cm³/mol. The highest BCUT2D eigenvalue weighted by Gasteiger charge is 2.38. The number of aliphatic hydroxyl groups excluding tert-OH is 1. The van der Waals surface area contributed by atoms with Crippen molar-refractivity contribution in [1.82, 2.24) is 4.90 Å². The molecule has 3 heteroatoms. The van der Waals surface area contributed by atoms with Gasteiger partial charge in [-0.1, -0.05) is 19.8 Å². The second-order valence-corrected chi connectivity index (χ2v) is 6.67. The third kappa shape index (κ3) is 3.74. The minimum Gasteiger partial charge on any atom is -0.396 e. The van der Waals surface area contributed by atoms with Gasteiger partial charge < -0.3 is 5.11 Å². The Kier molecular flexibility index (Phi) is 6.32. The molecule has 4 unspecified atom stereocenters. The van der Waals surface area contributed by atoms with Crippen LogP contribution in [0, 0.1) is 23.2 Å². The molecule has 114 valence electrons. The van der Waals surface area contributed by atoms with E-state index in [1.54, 1.807) is 0 Å². The van der Waals surface area contributed by atoms with E-state index in [-0.39, 0.29) is 5.92 Å². The van der Waals surface area contributed by atoms with Crippen LogP contribution in [0.25, 0.3) is 0 Å². The molecule has 0 aromatic rings. The van der Waals surface area contributed by atoms with Crippen LogP contribution >= 0.6 is 0 Å². The van der Waals surface area contributed by atoms with E-state index < -0.39 is 0 Å². The van der Waals surface area contributed by atoms with Crippen LogP contribution in [-0.4, -0.2) is 35.2 Å². The number of nitriles is 1. The fraction of sp³-hybridized carbons (Fsp3) is 0.941. The molecule has 2 rings (SSSR count). The van der Waals surface area contributed by atoms with E-state index in [9.17, 15) is 5.26 Å². The molecular weight excluding hydrogens is 248 g/mol. The molecular formula is C17H30N2O. The average Bonchev–Trinajstić information content (AvgIpc) is 2.93. The normalized spacial score (nSPS) is 35.0. The number of likely N-dealkylation sites (tertiary alicyclic amines) is 1. The standard InChI is InChI=1S/C17H30N2O/c1-2-5-14-8-9-15(13-18)17(12-14)19-10-3-6-16(19)7-4-11-20/h14-17,20H,2-12H2,1H3. The van der Waals surface area contributed by atoms with Gasteiger partial charge in [-0.3, -0.25) is 4.90 Å². The first kappa shape index (κ1) is 15.8. The molecule has 1 saturated carbocycles. The lowest BCUT2D eigenvalue weighted by atomic mass is 9.76. The Hall–Kier alpha value is -0.590. The molecule has 0 bridgehead atoms. The van der Waals surface area contributed by atoms with Crippen molar-refractivity contribution in [2.45, 2.75) is 76.8 Å². The van der Waals surface area contributed by atoms with Crippen molar-refractivity contribution < 1.29 is 5.11 Å². The van der Waals surface area contributed by atoms with Crippen LogP contribution in [0.5, 0.6) is 0 Å². The van der Waals surface area contributed by atoms with E-state index in [0.29, 0.717) is 18.7 Å². The topological polar surface area (TPSA) is 47.3 Å². The molecule has 1 N–H and O–H groups in total. The highest BCUT2D eigenvalue weighted by molar-refractivity contribution is 5.00. The van der Waals surface area contributed by atoms with Crippen LogP contribution in [0.1, 0.15) is 64.7 Å². The van der Waals surface area contributed by atoms with E-state index >= 15 is 0 Å². The van der Waals surface area contributed by atoms with Crippen molar-refractivity contribution in [1.29, 1.82) is 5.26 Å². The van der Waals surface area contributed by atoms with Crippen molar-refractivity contribution in [3.05, 3.63) is 0 Å². The number of hydrogen-bond acceptors (Lipinski definition) is 3. The summed E-state index contributed by atoms with van der Waals surface area (Å²) < 4.78 is 0. The zero-order valence-corrected chi connectivity index (χ0v) is 12.9. The van der Waals surface area contributed by atoms with Gasteiger partial charge in [0, 0.05) is 18.7 Å². The Morgan fingerprint density at radius 3 is 2.80 bits per heavy atom. The largest absolute Gasteiger partial charge is 0.396 e. The summed E-state index contributed by atoms with van der Waals surface area (Å²) in [6.45, 7) is 3.73. The van der Waals surface area contributed by atoms with Crippen LogP contribution in [0.15, 0.2) is 0 Å². The fourth-order valence-electron chi connectivity index (χ4n) is 4.35. The van der Waals surface area contributed by atoms with E-state index in [1.165, 1.54) is 38.5 Å². The summed E-state index contributed by atoms with van der Waals surface area (Å²) in [4.78, 5) is 2.63. The molecule has 4 atom stereocenters. The molecule has 0 amide bonds. The number of rotatable bonds is 6.